The molecule has 0 aromatic heterocycles. The van der Waals surface area contributed by atoms with Crippen molar-refractivity contribution in [3.8, 4) is 0 Å². The molecule has 7 heteroatoms. The number of primary amides is 1. The maximum absolute atomic E-state index is 11.7. The van der Waals surface area contributed by atoms with E-state index in [1.165, 1.54) is 0 Å². The molecule has 6 nitrogen and oxygen atoms in total. The summed E-state index contributed by atoms with van der Waals surface area (Å²) < 4.78 is 23.3. The molecule has 0 aromatic rings. The van der Waals surface area contributed by atoms with E-state index in [1.807, 2.05) is 18.7 Å². The highest BCUT2D eigenvalue weighted by Gasteiger charge is 2.16. The molecule has 0 spiro atoms. The van der Waals surface area contributed by atoms with Crippen molar-refractivity contribution in [1.29, 1.82) is 0 Å². The van der Waals surface area contributed by atoms with E-state index in [1.54, 1.807) is 0 Å². The molecule has 0 saturated carbocycles. The third kappa shape index (κ3) is 8.43. The van der Waals surface area contributed by atoms with Crippen molar-refractivity contribution in [2.24, 2.45) is 5.73 Å². The van der Waals surface area contributed by atoms with Gasteiger partial charge in [-0.3, -0.25) is 9.69 Å². The van der Waals surface area contributed by atoms with Crippen molar-refractivity contribution in [3.63, 3.8) is 0 Å². The lowest BCUT2D eigenvalue weighted by Gasteiger charge is -2.25. The second kappa shape index (κ2) is 8.44. The van der Waals surface area contributed by atoms with Crippen LogP contribution in [0.15, 0.2) is 0 Å². The van der Waals surface area contributed by atoms with E-state index in [-0.39, 0.29) is 30.6 Å². The van der Waals surface area contributed by atoms with Crippen LogP contribution in [0.25, 0.3) is 0 Å². The normalized spacial score (nSPS) is 12.3. The van der Waals surface area contributed by atoms with E-state index < -0.39 is 15.7 Å². The largest absolute Gasteiger partial charge is 0.396 e. The van der Waals surface area contributed by atoms with E-state index >= 15 is 0 Å². The van der Waals surface area contributed by atoms with Crippen LogP contribution in [-0.2, 0) is 14.6 Å². The van der Waals surface area contributed by atoms with Gasteiger partial charge in [0.25, 0.3) is 0 Å². The van der Waals surface area contributed by atoms with E-state index in [9.17, 15) is 13.2 Å². The van der Waals surface area contributed by atoms with Gasteiger partial charge in [-0.25, -0.2) is 8.42 Å². The van der Waals surface area contributed by atoms with Crippen LogP contribution in [-0.4, -0.2) is 61.6 Å². The highest BCUT2D eigenvalue weighted by atomic mass is 32.2. The fourth-order valence-electron chi connectivity index (χ4n) is 1.52. The zero-order valence-electron chi connectivity index (χ0n) is 11.1. The molecule has 0 aromatic carbocycles. The van der Waals surface area contributed by atoms with Crippen LogP contribution in [0.4, 0.5) is 0 Å². The van der Waals surface area contributed by atoms with Crippen molar-refractivity contribution in [1.82, 2.24) is 4.90 Å². The summed E-state index contributed by atoms with van der Waals surface area (Å²) in [6.07, 6.45) is 0.500. The molecule has 0 unspecified atom stereocenters. The Morgan fingerprint density at radius 1 is 1.28 bits per heavy atom. The van der Waals surface area contributed by atoms with Crippen molar-refractivity contribution in [2.75, 3.05) is 31.2 Å². The summed E-state index contributed by atoms with van der Waals surface area (Å²) in [5.74, 6) is -0.766. The average Bonchev–Trinajstić information content (AvgIpc) is 2.26. The number of nitrogens with zero attached hydrogens (tertiary/aromatic N) is 1. The number of nitrogens with two attached hydrogens (primary N) is 1. The quantitative estimate of drug-likeness (QED) is 0.555. The Bertz CT molecular complexity index is 341. The number of sulfone groups is 1. The third-order valence-electron chi connectivity index (χ3n) is 2.68. The fraction of sp³-hybridized carbons (Fsp3) is 0.909. The SMILES string of the molecule is CC(C)N(CCCO)CCS(=O)(=O)CCC(N)=O. The summed E-state index contributed by atoms with van der Waals surface area (Å²) in [5.41, 5.74) is 4.93. The maximum Gasteiger partial charge on any atom is 0.218 e. The number of carbonyl (C=O) groups excluding carboxylic acids is 1. The fourth-order valence-corrected chi connectivity index (χ4v) is 2.75. The first kappa shape index (κ1) is 17.3. The number of carbonyl (C=O) groups is 1. The first-order valence-corrected chi connectivity index (χ1v) is 7.94. The molecule has 0 radical (unpaired) electrons. The molecule has 3 N–H and O–H groups in total. The van der Waals surface area contributed by atoms with Gasteiger partial charge in [0, 0.05) is 32.2 Å². The molecule has 0 bridgehead atoms. The Labute approximate surface area is 109 Å². The van der Waals surface area contributed by atoms with E-state index in [0.717, 1.165) is 0 Å². The van der Waals surface area contributed by atoms with Gasteiger partial charge >= 0.3 is 0 Å². The topological polar surface area (TPSA) is 101 Å². The average molecular weight is 280 g/mol. The van der Waals surface area contributed by atoms with E-state index in [2.05, 4.69) is 0 Å². The second-order valence-electron chi connectivity index (χ2n) is 4.58. The Morgan fingerprint density at radius 3 is 2.33 bits per heavy atom. The smallest absolute Gasteiger partial charge is 0.218 e. The molecule has 0 aliphatic rings. The predicted molar refractivity (Wildman–Crippen MR) is 70.9 cm³/mol. The first-order chi connectivity index (χ1) is 8.28. The molecule has 0 rings (SSSR count). The van der Waals surface area contributed by atoms with Gasteiger partial charge < -0.3 is 10.8 Å². The van der Waals surface area contributed by atoms with Gasteiger partial charge in [-0.05, 0) is 20.3 Å². The minimum absolute atomic E-state index is 0.0177. The Hall–Kier alpha value is -0.660. The molecule has 0 fully saturated rings. The maximum atomic E-state index is 11.7. The predicted octanol–water partition coefficient (Wildman–Crippen LogP) is -0.631. The van der Waals surface area contributed by atoms with Crippen molar-refractivity contribution >= 4 is 15.7 Å². The van der Waals surface area contributed by atoms with Crippen LogP contribution in [0.2, 0.25) is 0 Å². The summed E-state index contributed by atoms with van der Waals surface area (Å²) in [6.45, 7) is 5.14. The minimum Gasteiger partial charge on any atom is -0.396 e. The number of aliphatic hydroxyl groups excluding tert-OH is 1. The van der Waals surface area contributed by atoms with Crippen molar-refractivity contribution in [2.45, 2.75) is 32.7 Å². The number of aliphatic hydroxyl groups is 1. The second-order valence-corrected chi connectivity index (χ2v) is 6.88. The zero-order chi connectivity index (χ0) is 14.2. The van der Waals surface area contributed by atoms with Crippen LogP contribution in [0.1, 0.15) is 26.7 Å². The Morgan fingerprint density at radius 2 is 1.89 bits per heavy atom. The van der Waals surface area contributed by atoms with Crippen molar-refractivity contribution < 1.29 is 18.3 Å². The Balaban J connectivity index is 4.20. The number of rotatable bonds is 10. The molecule has 0 saturated heterocycles. The summed E-state index contributed by atoms with van der Waals surface area (Å²) in [7, 11) is -3.24. The molecule has 0 aliphatic heterocycles. The standard InChI is InChI=1S/C11H24N2O4S/c1-10(2)13(5-3-7-14)6-9-18(16,17)8-4-11(12)15/h10,14H,3-9H2,1-2H3,(H2,12,15). The molecule has 0 aliphatic carbocycles. The van der Waals surface area contributed by atoms with Crippen LogP contribution in [0.5, 0.6) is 0 Å². The van der Waals surface area contributed by atoms with Gasteiger partial charge in [-0.15, -0.1) is 0 Å². The van der Waals surface area contributed by atoms with Gasteiger partial charge in [0.1, 0.15) is 0 Å². The van der Waals surface area contributed by atoms with Crippen LogP contribution in [0, 0.1) is 0 Å². The Kier molecular flexibility index (Phi) is 8.13. The lowest BCUT2D eigenvalue weighted by molar-refractivity contribution is -0.117. The summed E-state index contributed by atoms with van der Waals surface area (Å²) in [4.78, 5) is 12.6. The number of hydrogen-bond donors (Lipinski definition) is 2. The molecular formula is C11H24N2O4S. The lowest BCUT2D eigenvalue weighted by Crippen LogP contribution is -2.36. The number of amides is 1. The zero-order valence-corrected chi connectivity index (χ0v) is 11.9. The minimum atomic E-state index is -3.24. The third-order valence-corrected chi connectivity index (χ3v) is 4.31. The number of hydrogen-bond acceptors (Lipinski definition) is 5. The van der Waals surface area contributed by atoms with Crippen LogP contribution in [0.3, 0.4) is 0 Å². The molecule has 108 valence electrons. The first-order valence-electron chi connectivity index (χ1n) is 6.12. The van der Waals surface area contributed by atoms with Gasteiger partial charge in [-0.2, -0.15) is 0 Å². The summed E-state index contributed by atoms with van der Waals surface area (Å²) in [5, 5.41) is 8.77. The molecule has 1 amide bonds. The van der Waals surface area contributed by atoms with Crippen molar-refractivity contribution in [3.05, 3.63) is 0 Å². The van der Waals surface area contributed by atoms with Crippen LogP contribution >= 0.6 is 0 Å². The molecular weight excluding hydrogens is 256 g/mol. The van der Waals surface area contributed by atoms with Crippen LogP contribution < -0.4 is 5.73 Å². The van der Waals surface area contributed by atoms with Gasteiger partial charge in [0.05, 0.1) is 11.5 Å². The summed E-state index contributed by atoms with van der Waals surface area (Å²) >= 11 is 0. The highest BCUT2D eigenvalue weighted by Crippen LogP contribution is 2.02. The van der Waals surface area contributed by atoms with Gasteiger partial charge in [-0.1, -0.05) is 0 Å². The summed E-state index contributed by atoms with van der Waals surface area (Å²) in [6, 6.07) is 0.225. The van der Waals surface area contributed by atoms with Gasteiger partial charge in [0.2, 0.25) is 5.91 Å². The lowest BCUT2D eigenvalue weighted by atomic mass is 10.3. The highest BCUT2D eigenvalue weighted by molar-refractivity contribution is 7.91. The molecule has 18 heavy (non-hydrogen) atoms. The molecule has 0 atom stereocenters. The van der Waals surface area contributed by atoms with E-state index in [4.69, 9.17) is 10.8 Å². The van der Waals surface area contributed by atoms with Gasteiger partial charge in [0.15, 0.2) is 9.84 Å². The van der Waals surface area contributed by atoms with E-state index in [0.29, 0.717) is 19.5 Å². The molecule has 0 heterocycles. The monoisotopic (exact) mass is 280 g/mol.